The molecule has 0 aromatic rings. The maximum atomic E-state index is 11.9. The molecule has 1 saturated carbocycles. The van der Waals surface area contributed by atoms with E-state index in [1.165, 1.54) is 12.8 Å². The smallest absolute Gasteiger partial charge is 0.239 e. The average Bonchev–Trinajstić information content (AvgIpc) is 2.93. The highest BCUT2D eigenvalue weighted by Gasteiger charge is 2.46. The number of nitrogens with zero attached hydrogens (tertiary/aromatic N) is 1. The van der Waals surface area contributed by atoms with E-state index in [0.29, 0.717) is 5.41 Å². The van der Waals surface area contributed by atoms with Crippen LogP contribution in [-0.2, 0) is 4.79 Å². The first-order valence-corrected chi connectivity index (χ1v) is 5.69. The van der Waals surface area contributed by atoms with Crippen LogP contribution in [0.25, 0.3) is 0 Å². The highest BCUT2D eigenvalue weighted by Crippen LogP contribution is 2.46. The maximum absolute atomic E-state index is 11.9. The van der Waals surface area contributed by atoms with E-state index in [0.717, 1.165) is 26.1 Å². The van der Waals surface area contributed by atoms with Gasteiger partial charge in [0.15, 0.2) is 0 Å². The fourth-order valence-electron chi connectivity index (χ4n) is 2.24. The molecule has 1 saturated heterocycles. The van der Waals surface area contributed by atoms with Crippen LogP contribution in [0.5, 0.6) is 0 Å². The van der Waals surface area contributed by atoms with Crippen molar-refractivity contribution in [3.8, 4) is 0 Å². The Morgan fingerprint density at radius 3 is 2.86 bits per heavy atom. The number of amides is 1. The van der Waals surface area contributed by atoms with E-state index in [1.807, 2.05) is 6.92 Å². The van der Waals surface area contributed by atoms with Crippen LogP contribution >= 0.6 is 0 Å². The van der Waals surface area contributed by atoms with Crippen LogP contribution in [0.2, 0.25) is 0 Å². The summed E-state index contributed by atoms with van der Waals surface area (Å²) in [4.78, 5) is 14.0. The van der Waals surface area contributed by atoms with E-state index in [9.17, 15) is 4.79 Å². The second-order valence-electron chi connectivity index (χ2n) is 4.86. The minimum atomic E-state index is 0.0153. The first-order valence-electron chi connectivity index (χ1n) is 5.69. The van der Waals surface area contributed by atoms with Gasteiger partial charge in [0.25, 0.3) is 0 Å². The lowest BCUT2D eigenvalue weighted by Gasteiger charge is -2.24. The number of nitrogens with one attached hydrogen (secondary N) is 1. The summed E-state index contributed by atoms with van der Waals surface area (Å²) >= 11 is 0. The first kappa shape index (κ1) is 9.97. The third-order valence-electron chi connectivity index (χ3n) is 3.44. The van der Waals surface area contributed by atoms with E-state index in [1.54, 1.807) is 0 Å². The minimum Gasteiger partial charge on any atom is -0.341 e. The Bertz CT molecular complexity index is 235. The van der Waals surface area contributed by atoms with E-state index in [2.05, 4.69) is 17.1 Å². The molecule has 0 bridgehead atoms. The monoisotopic (exact) mass is 196 g/mol. The number of hydrogen-bond donors (Lipinski definition) is 1. The third kappa shape index (κ3) is 1.78. The van der Waals surface area contributed by atoms with Crippen LogP contribution < -0.4 is 5.32 Å². The predicted octanol–water partition coefficient (Wildman–Crippen LogP) is 0.997. The van der Waals surface area contributed by atoms with Crippen molar-refractivity contribution < 1.29 is 4.79 Å². The molecule has 1 aliphatic heterocycles. The number of carbonyl (C=O) groups is 1. The van der Waals surface area contributed by atoms with E-state index in [-0.39, 0.29) is 11.9 Å². The molecule has 1 atom stereocenters. The second kappa shape index (κ2) is 3.54. The van der Waals surface area contributed by atoms with Crippen molar-refractivity contribution in [3.63, 3.8) is 0 Å². The number of carbonyl (C=O) groups excluding carboxylic acids is 1. The molecule has 1 N–H and O–H groups in total. The summed E-state index contributed by atoms with van der Waals surface area (Å²) in [5, 5.41) is 3.34. The van der Waals surface area contributed by atoms with Crippen molar-refractivity contribution in [1.29, 1.82) is 0 Å². The molecule has 1 spiro atoms. The average molecular weight is 196 g/mol. The lowest BCUT2D eigenvalue weighted by atomic mass is 10.1. The molecule has 80 valence electrons. The van der Waals surface area contributed by atoms with Crippen molar-refractivity contribution >= 4 is 5.91 Å². The summed E-state index contributed by atoms with van der Waals surface area (Å²) in [7, 11) is 0. The Hall–Kier alpha value is -0.570. The highest BCUT2D eigenvalue weighted by atomic mass is 16.2. The van der Waals surface area contributed by atoms with Gasteiger partial charge in [0.05, 0.1) is 6.04 Å². The zero-order valence-electron chi connectivity index (χ0n) is 9.18. The van der Waals surface area contributed by atoms with Gasteiger partial charge in [0.2, 0.25) is 5.91 Å². The quantitative estimate of drug-likeness (QED) is 0.714. The highest BCUT2D eigenvalue weighted by molar-refractivity contribution is 5.81. The molecule has 1 aliphatic carbocycles. The maximum Gasteiger partial charge on any atom is 0.239 e. The van der Waals surface area contributed by atoms with E-state index in [4.69, 9.17) is 0 Å². The molecule has 1 amide bonds. The SMILES string of the molecule is CCCN1CC2(CC2)CNC(C)C1=O. The molecule has 0 radical (unpaired) electrons. The Kier molecular flexibility index (Phi) is 2.52. The molecule has 14 heavy (non-hydrogen) atoms. The Labute approximate surface area is 85.8 Å². The van der Waals surface area contributed by atoms with Gasteiger partial charge in [-0.1, -0.05) is 6.92 Å². The van der Waals surface area contributed by atoms with Gasteiger partial charge in [0, 0.05) is 25.0 Å². The van der Waals surface area contributed by atoms with Gasteiger partial charge in [-0.3, -0.25) is 4.79 Å². The van der Waals surface area contributed by atoms with Crippen molar-refractivity contribution in [1.82, 2.24) is 10.2 Å². The van der Waals surface area contributed by atoms with Crippen molar-refractivity contribution in [2.45, 2.75) is 39.2 Å². The van der Waals surface area contributed by atoms with Crippen LogP contribution in [0.15, 0.2) is 0 Å². The van der Waals surface area contributed by atoms with E-state index >= 15 is 0 Å². The van der Waals surface area contributed by atoms with Gasteiger partial charge >= 0.3 is 0 Å². The molecule has 3 nitrogen and oxygen atoms in total. The van der Waals surface area contributed by atoms with Gasteiger partial charge in [-0.2, -0.15) is 0 Å². The molecule has 0 aromatic heterocycles. The van der Waals surface area contributed by atoms with Crippen molar-refractivity contribution in [2.24, 2.45) is 5.41 Å². The predicted molar refractivity (Wildman–Crippen MR) is 56.0 cm³/mol. The van der Waals surface area contributed by atoms with E-state index < -0.39 is 0 Å². The Morgan fingerprint density at radius 1 is 1.57 bits per heavy atom. The van der Waals surface area contributed by atoms with Gasteiger partial charge in [0.1, 0.15) is 0 Å². The molecule has 2 fully saturated rings. The molecule has 2 aliphatic rings. The number of rotatable bonds is 2. The molecule has 1 unspecified atom stereocenters. The fourth-order valence-corrected chi connectivity index (χ4v) is 2.24. The number of hydrogen-bond acceptors (Lipinski definition) is 2. The van der Waals surface area contributed by atoms with Crippen LogP contribution in [-0.4, -0.2) is 36.5 Å². The van der Waals surface area contributed by atoms with Gasteiger partial charge in [-0.15, -0.1) is 0 Å². The summed E-state index contributed by atoms with van der Waals surface area (Å²) in [6, 6.07) is 0.0153. The second-order valence-corrected chi connectivity index (χ2v) is 4.86. The summed E-state index contributed by atoms with van der Waals surface area (Å²) < 4.78 is 0. The fraction of sp³-hybridized carbons (Fsp3) is 0.909. The molecular formula is C11H20N2O. The van der Waals surface area contributed by atoms with Gasteiger partial charge in [-0.25, -0.2) is 0 Å². The lowest BCUT2D eigenvalue weighted by Crippen LogP contribution is -2.42. The standard InChI is InChI=1S/C11H20N2O/c1-3-6-13-8-11(4-5-11)7-12-9(2)10(13)14/h9,12H,3-8H2,1-2H3. The summed E-state index contributed by atoms with van der Waals surface area (Å²) in [6.45, 7) is 7.05. The molecular weight excluding hydrogens is 176 g/mol. The Balaban J connectivity index is 2.07. The zero-order valence-corrected chi connectivity index (χ0v) is 9.18. The molecule has 0 aromatic carbocycles. The zero-order chi connectivity index (χ0) is 10.2. The largest absolute Gasteiger partial charge is 0.341 e. The third-order valence-corrected chi connectivity index (χ3v) is 3.44. The normalized spacial score (nSPS) is 30.6. The minimum absolute atomic E-state index is 0.0153. The van der Waals surface area contributed by atoms with Gasteiger partial charge < -0.3 is 10.2 Å². The van der Waals surface area contributed by atoms with Crippen LogP contribution in [0.3, 0.4) is 0 Å². The van der Waals surface area contributed by atoms with Crippen molar-refractivity contribution in [3.05, 3.63) is 0 Å². The lowest BCUT2D eigenvalue weighted by molar-refractivity contribution is -0.132. The van der Waals surface area contributed by atoms with Crippen LogP contribution in [0.1, 0.15) is 33.1 Å². The van der Waals surface area contributed by atoms with Crippen LogP contribution in [0.4, 0.5) is 0 Å². The molecule has 1 heterocycles. The van der Waals surface area contributed by atoms with Crippen LogP contribution in [0, 0.1) is 5.41 Å². The first-order chi connectivity index (χ1) is 6.67. The van der Waals surface area contributed by atoms with Gasteiger partial charge in [-0.05, 0) is 26.2 Å². The summed E-state index contributed by atoms with van der Waals surface area (Å²) in [6.07, 6.45) is 3.65. The summed E-state index contributed by atoms with van der Waals surface area (Å²) in [5.74, 6) is 0.288. The van der Waals surface area contributed by atoms with Crippen molar-refractivity contribution in [2.75, 3.05) is 19.6 Å². The topological polar surface area (TPSA) is 32.3 Å². The summed E-state index contributed by atoms with van der Waals surface area (Å²) in [5.41, 5.74) is 0.440. The molecule has 2 rings (SSSR count). The molecule has 3 heteroatoms. The Morgan fingerprint density at radius 2 is 2.29 bits per heavy atom.